The van der Waals surface area contributed by atoms with Crippen molar-refractivity contribution in [1.82, 2.24) is 19.6 Å². The molecule has 1 unspecified atom stereocenters. The molecule has 0 aromatic carbocycles. The highest BCUT2D eigenvalue weighted by Crippen LogP contribution is 2.29. The summed E-state index contributed by atoms with van der Waals surface area (Å²) >= 11 is 3.56. The van der Waals surface area contributed by atoms with E-state index >= 15 is 0 Å². The van der Waals surface area contributed by atoms with Crippen LogP contribution in [0.2, 0.25) is 0 Å². The molecule has 0 amide bonds. The third-order valence-electron chi connectivity index (χ3n) is 5.00. The number of aliphatic hydroxyl groups excluding tert-OH is 1. The number of pyridine rings is 1. The lowest BCUT2D eigenvalue weighted by atomic mass is 9.99. The topological polar surface area (TPSA) is 78.6 Å². The maximum Gasteiger partial charge on any atom is 0.173 e. The normalized spacial score (nSPS) is 17.4. The fraction of sp³-hybridized carbons (Fsp3) is 0.421. The van der Waals surface area contributed by atoms with Crippen molar-refractivity contribution in [2.75, 3.05) is 23.4 Å². The van der Waals surface area contributed by atoms with Crippen molar-refractivity contribution in [1.29, 1.82) is 0 Å². The third-order valence-corrected chi connectivity index (χ3v) is 5.55. The average Bonchev–Trinajstić information content (AvgIpc) is 3.09. The molecule has 8 heteroatoms. The molecule has 2 N–H and O–H groups in total. The maximum absolute atomic E-state index is 9.44. The van der Waals surface area contributed by atoms with Crippen molar-refractivity contribution < 1.29 is 5.11 Å². The Labute approximate surface area is 166 Å². The maximum atomic E-state index is 9.44. The average molecular weight is 431 g/mol. The molecular formula is C19H23BrN6O. The van der Waals surface area contributed by atoms with Crippen LogP contribution in [0.5, 0.6) is 0 Å². The van der Waals surface area contributed by atoms with Crippen LogP contribution in [0, 0.1) is 0 Å². The number of rotatable bonds is 6. The molecule has 0 bridgehead atoms. The van der Waals surface area contributed by atoms with E-state index in [1.54, 1.807) is 12.4 Å². The van der Waals surface area contributed by atoms with Gasteiger partial charge in [0.1, 0.15) is 11.6 Å². The van der Waals surface area contributed by atoms with Crippen molar-refractivity contribution in [3.05, 3.63) is 46.8 Å². The summed E-state index contributed by atoms with van der Waals surface area (Å²) in [5.74, 6) is 1.81. The summed E-state index contributed by atoms with van der Waals surface area (Å²) in [6.07, 6.45) is 9.60. The molecule has 0 saturated carbocycles. The number of nitrogens with one attached hydrogen (secondary N) is 1. The van der Waals surface area contributed by atoms with Crippen molar-refractivity contribution >= 4 is 33.2 Å². The van der Waals surface area contributed by atoms with Gasteiger partial charge >= 0.3 is 0 Å². The first-order valence-electron chi connectivity index (χ1n) is 9.31. The van der Waals surface area contributed by atoms with E-state index in [2.05, 4.69) is 42.3 Å². The highest BCUT2D eigenvalue weighted by molar-refractivity contribution is 9.10. The SMILES string of the molecule is OCCC1CCCCN1c1cc(NCc2cccnc2)n2ncc(Br)c2n1. The lowest BCUT2D eigenvalue weighted by Crippen LogP contribution is -2.40. The van der Waals surface area contributed by atoms with Crippen LogP contribution < -0.4 is 10.2 Å². The summed E-state index contributed by atoms with van der Waals surface area (Å²) in [7, 11) is 0. The van der Waals surface area contributed by atoms with Crippen LogP contribution in [0.15, 0.2) is 41.3 Å². The van der Waals surface area contributed by atoms with Gasteiger partial charge in [-0.05, 0) is 53.2 Å². The molecule has 1 aliphatic rings. The van der Waals surface area contributed by atoms with E-state index in [0.717, 1.165) is 53.1 Å². The molecule has 1 fully saturated rings. The van der Waals surface area contributed by atoms with E-state index in [9.17, 15) is 5.11 Å². The number of hydrogen-bond donors (Lipinski definition) is 2. The summed E-state index contributed by atoms with van der Waals surface area (Å²) < 4.78 is 2.68. The first kappa shape index (κ1) is 18.2. The van der Waals surface area contributed by atoms with Gasteiger partial charge < -0.3 is 15.3 Å². The molecule has 7 nitrogen and oxygen atoms in total. The zero-order chi connectivity index (χ0) is 18.6. The standard InChI is InChI=1S/C19H23BrN6O/c20-16-13-23-26-17(22-12-14-4-3-7-21-11-14)10-18(24-19(16)26)25-8-2-1-5-15(25)6-9-27/h3-4,7,10-11,13,15,22,27H,1-2,5-6,8-9,12H2. The molecule has 3 aromatic rings. The van der Waals surface area contributed by atoms with Crippen LogP contribution >= 0.6 is 15.9 Å². The van der Waals surface area contributed by atoms with E-state index in [4.69, 9.17) is 4.98 Å². The number of halogens is 1. The smallest absolute Gasteiger partial charge is 0.173 e. The largest absolute Gasteiger partial charge is 0.396 e. The lowest BCUT2D eigenvalue weighted by Gasteiger charge is -2.36. The van der Waals surface area contributed by atoms with Gasteiger partial charge in [0.2, 0.25) is 0 Å². The van der Waals surface area contributed by atoms with Crippen molar-refractivity contribution in [3.8, 4) is 0 Å². The summed E-state index contributed by atoms with van der Waals surface area (Å²) in [4.78, 5) is 11.4. The first-order valence-corrected chi connectivity index (χ1v) is 10.1. The molecule has 3 aromatic heterocycles. The second-order valence-corrected chi connectivity index (χ2v) is 7.65. The van der Waals surface area contributed by atoms with Gasteiger partial charge in [-0.1, -0.05) is 6.07 Å². The molecule has 1 atom stereocenters. The summed E-state index contributed by atoms with van der Waals surface area (Å²) in [5, 5.41) is 17.4. The molecular weight excluding hydrogens is 408 g/mol. The van der Waals surface area contributed by atoms with E-state index in [1.165, 1.54) is 6.42 Å². The van der Waals surface area contributed by atoms with Crippen LogP contribution in [0.25, 0.3) is 5.65 Å². The third kappa shape index (κ3) is 3.91. The zero-order valence-corrected chi connectivity index (χ0v) is 16.6. The predicted molar refractivity (Wildman–Crippen MR) is 109 cm³/mol. The van der Waals surface area contributed by atoms with E-state index in [1.807, 2.05) is 22.8 Å². The van der Waals surface area contributed by atoms with Crippen molar-refractivity contribution in [3.63, 3.8) is 0 Å². The van der Waals surface area contributed by atoms with E-state index in [-0.39, 0.29) is 6.61 Å². The number of anilines is 2. The molecule has 0 radical (unpaired) electrons. The van der Waals surface area contributed by atoms with Crippen LogP contribution in [0.1, 0.15) is 31.2 Å². The minimum absolute atomic E-state index is 0.200. The molecule has 142 valence electrons. The molecule has 4 rings (SSSR count). The summed E-state index contributed by atoms with van der Waals surface area (Å²) in [6.45, 7) is 1.82. The lowest BCUT2D eigenvalue weighted by molar-refractivity contribution is 0.262. The minimum atomic E-state index is 0.200. The molecule has 0 aliphatic carbocycles. The molecule has 1 aliphatic heterocycles. The van der Waals surface area contributed by atoms with Crippen LogP contribution in [-0.2, 0) is 6.54 Å². The Hall–Kier alpha value is -2.19. The number of nitrogens with zero attached hydrogens (tertiary/aromatic N) is 5. The van der Waals surface area contributed by atoms with Gasteiger partial charge in [0.25, 0.3) is 0 Å². The first-order chi connectivity index (χ1) is 13.3. The number of aromatic nitrogens is 4. The van der Waals surface area contributed by atoms with Gasteiger partial charge in [-0.25, -0.2) is 4.98 Å². The molecule has 1 saturated heterocycles. The molecule has 4 heterocycles. The van der Waals surface area contributed by atoms with Gasteiger partial charge in [0, 0.05) is 44.2 Å². The van der Waals surface area contributed by atoms with Crippen LogP contribution in [0.4, 0.5) is 11.6 Å². The van der Waals surface area contributed by atoms with E-state index in [0.29, 0.717) is 12.6 Å². The molecule has 0 spiro atoms. The quantitative estimate of drug-likeness (QED) is 0.624. The second-order valence-electron chi connectivity index (χ2n) is 6.80. The van der Waals surface area contributed by atoms with Gasteiger partial charge in [0.05, 0.1) is 10.7 Å². The van der Waals surface area contributed by atoms with E-state index < -0.39 is 0 Å². The Morgan fingerprint density at radius 2 is 2.22 bits per heavy atom. The Morgan fingerprint density at radius 3 is 3.04 bits per heavy atom. The van der Waals surface area contributed by atoms with Crippen molar-refractivity contribution in [2.24, 2.45) is 0 Å². The number of aliphatic hydroxyl groups is 1. The van der Waals surface area contributed by atoms with Crippen LogP contribution in [0.3, 0.4) is 0 Å². The number of hydrogen-bond acceptors (Lipinski definition) is 6. The fourth-order valence-corrected chi connectivity index (χ4v) is 3.99. The Balaban J connectivity index is 1.68. The summed E-state index contributed by atoms with van der Waals surface area (Å²) in [6, 6.07) is 6.35. The predicted octanol–water partition coefficient (Wildman–Crippen LogP) is 3.24. The van der Waals surface area contributed by atoms with Gasteiger partial charge in [-0.3, -0.25) is 4.98 Å². The Bertz CT molecular complexity index is 898. The highest BCUT2D eigenvalue weighted by atomic mass is 79.9. The Morgan fingerprint density at radius 1 is 1.30 bits per heavy atom. The fourth-order valence-electron chi connectivity index (χ4n) is 3.64. The highest BCUT2D eigenvalue weighted by Gasteiger charge is 2.24. The Kier molecular flexibility index (Phi) is 5.54. The second kappa shape index (κ2) is 8.22. The number of piperidine rings is 1. The van der Waals surface area contributed by atoms with Gasteiger partial charge in [-0.2, -0.15) is 9.61 Å². The zero-order valence-electron chi connectivity index (χ0n) is 15.1. The molecule has 27 heavy (non-hydrogen) atoms. The van der Waals surface area contributed by atoms with Crippen LogP contribution in [-0.4, -0.2) is 43.9 Å². The number of fused-ring (bicyclic) bond motifs is 1. The van der Waals surface area contributed by atoms with Gasteiger partial charge in [0.15, 0.2) is 5.65 Å². The van der Waals surface area contributed by atoms with Crippen molar-refractivity contribution in [2.45, 2.75) is 38.3 Å². The summed E-state index contributed by atoms with van der Waals surface area (Å²) in [5.41, 5.74) is 1.89. The monoisotopic (exact) mass is 430 g/mol. The van der Waals surface area contributed by atoms with Gasteiger partial charge in [-0.15, -0.1) is 0 Å². The minimum Gasteiger partial charge on any atom is -0.396 e.